The second kappa shape index (κ2) is 4.90. The number of hydrogen-bond acceptors (Lipinski definition) is 3. The minimum Gasteiger partial charge on any atom is -0.312 e. The molecule has 0 aliphatic rings. The van der Waals surface area contributed by atoms with Crippen LogP contribution in [0.25, 0.3) is 5.69 Å². The molecule has 0 aliphatic carbocycles. The van der Waals surface area contributed by atoms with Gasteiger partial charge in [-0.15, -0.1) is 5.10 Å². The molecule has 4 nitrogen and oxygen atoms in total. The molecule has 1 atom stereocenters. The largest absolute Gasteiger partial charge is 0.312 e. The topological polar surface area (TPSA) is 42.7 Å². The molecule has 1 unspecified atom stereocenters. The van der Waals surface area contributed by atoms with E-state index in [1.54, 1.807) is 0 Å². The Morgan fingerprint density at radius 2 is 1.89 bits per heavy atom. The Balaban J connectivity index is 2.45. The molecule has 0 bridgehead atoms. The lowest BCUT2D eigenvalue weighted by Crippen LogP contribution is -2.14. The fourth-order valence-corrected chi connectivity index (χ4v) is 1.98. The summed E-state index contributed by atoms with van der Waals surface area (Å²) in [7, 11) is 1.93. The van der Waals surface area contributed by atoms with E-state index in [1.165, 1.54) is 11.1 Å². The van der Waals surface area contributed by atoms with Gasteiger partial charge in [0.1, 0.15) is 5.69 Å². The van der Waals surface area contributed by atoms with Crippen LogP contribution in [0.15, 0.2) is 18.2 Å². The van der Waals surface area contributed by atoms with Gasteiger partial charge in [0, 0.05) is 0 Å². The van der Waals surface area contributed by atoms with Crippen molar-refractivity contribution in [2.75, 3.05) is 7.05 Å². The number of aromatic nitrogens is 3. The summed E-state index contributed by atoms with van der Waals surface area (Å²) in [6.45, 7) is 8.37. The average Bonchev–Trinajstić information content (AvgIpc) is 2.74. The van der Waals surface area contributed by atoms with E-state index >= 15 is 0 Å². The third kappa shape index (κ3) is 2.16. The van der Waals surface area contributed by atoms with Crippen LogP contribution in [0, 0.1) is 20.8 Å². The molecule has 4 heteroatoms. The van der Waals surface area contributed by atoms with Crippen LogP contribution in [-0.2, 0) is 0 Å². The molecule has 0 amide bonds. The number of rotatable bonds is 3. The lowest BCUT2D eigenvalue weighted by Gasteiger charge is -2.09. The van der Waals surface area contributed by atoms with Gasteiger partial charge < -0.3 is 5.32 Å². The predicted molar refractivity (Wildman–Crippen MR) is 73.0 cm³/mol. The number of nitrogens with one attached hydrogen (secondary N) is 1. The zero-order chi connectivity index (χ0) is 13.3. The highest BCUT2D eigenvalue weighted by molar-refractivity contribution is 5.40. The van der Waals surface area contributed by atoms with Crippen molar-refractivity contribution >= 4 is 0 Å². The van der Waals surface area contributed by atoms with Crippen LogP contribution in [0.4, 0.5) is 0 Å². The number of nitrogens with zero attached hydrogens (tertiary/aromatic N) is 3. The van der Waals surface area contributed by atoms with Crippen molar-refractivity contribution in [3.05, 3.63) is 40.7 Å². The zero-order valence-corrected chi connectivity index (χ0v) is 11.7. The Hall–Kier alpha value is -1.68. The second-order valence-corrected chi connectivity index (χ2v) is 4.75. The molecule has 1 aromatic heterocycles. The van der Waals surface area contributed by atoms with Crippen LogP contribution in [0.1, 0.15) is 35.5 Å². The zero-order valence-electron chi connectivity index (χ0n) is 11.7. The van der Waals surface area contributed by atoms with E-state index in [-0.39, 0.29) is 6.04 Å². The normalized spacial score (nSPS) is 12.7. The minimum absolute atomic E-state index is 0.213. The van der Waals surface area contributed by atoms with E-state index in [0.717, 1.165) is 17.1 Å². The monoisotopic (exact) mass is 244 g/mol. The molecule has 0 spiro atoms. The summed E-state index contributed by atoms with van der Waals surface area (Å²) in [5, 5.41) is 11.7. The maximum Gasteiger partial charge on any atom is 0.103 e. The Kier molecular flexibility index (Phi) is 3.48. The van der Waals surface area contributed by atoms with Gasteiger partial charge in [0.05, 0.1) is 17.4 Å². The van der Waals surface area contributed by atoms with Crippen molar-refractivity contribution in [1.82, 2.24) is 20.3 Å². The van der Waals surface area contributed by atoms with Gasteiger partial charge in [-0.3, -0.25) is 0 Å². The van der Waals surface area contributed by atoms with Crippen LogP contribution in [0.5, 0.6) is 0 Å². The van der Waals surface area contributed by atoms with Gasteiger partial charge in [0.25, 0.3) is 0 Å². The Morgan fingerprint density at radius 1 is 1.17 bits per heavy atom. The van der Waals surface area contributed by atoms with E-state index in [4.69, 9.17) is 0 Å². The van der Waals surface area contributed by atoms with Gasteiger partial charge in [0.15, 0.2) is 0 Å². The summed E-state index contributed by atoms with van der Waals surface area (Å²) in [5.41, 5.74) is 5.71. The van der Waals surface area contributed by atoms with Gasteiger partial charge in [0.2, 0.25) is 0 Å². The van der Waals surface area contributed by atoms with Gasteiger partial charge in [-0.2, -0.15) is 0 Å². The SMILES string of the molecule is CNC(C)c1nnn(-c2ccc(C)c(C)c2)c1C. The van der Waals surface area contributed by atoms with Crippen molar-refractivity contribution in [3.63, 3.8) is 0 Å². The van der Waals surface area contributed by atoms with E-state index < -0.39 is 0 Å². The first-order valence-corrected chi connectivity index (χ1v) is 6.21. The second-order valence-electron chi connectivity index (χ2n) is 4.75. The van der Waals surface area contributed by atoms with Crippen molar-refractivity contribution < 1.29 is 0 Å². The summed E-state index contributed by atoms with van der Waals surface area (Å²) in [4.78, 5) is 0. The highest BCUT2D eigenvalue weighted by Crippen LogP contribution is 2.19. The third-order valence-corrected chi connectivity index (χ3v) is 3.51. The molecule has 2 aromatic rings. The molecule has 0 radical (unpaired) electrons. The molecule has 1 heterocycles. The Morgan fingerprint density at radius 3 is 2.50 bits per heavy atom. The van der Waals surface area contributed by atoms with E-state index in [9.17, 15) is 0 Å². The molecular weight excluding hydrogens is 224 g/mol. The number of benzene rings is 1. The van der Waals surface area contributed by atoms with Crippen molar-refractivity contribution in [3.8, 4) is 5.69 Å². The first-order chi connectivity index (χ1) is 8.54. The first-order valence-electron chi connectivity index (χ1n) is 6.21. The lowest BCUT2D eigenvalue weighted by molar-refractivity contribution is 0.627. The van der Waals surface area contributed by atoms with Crippen LogP contribution < -0.4 is 5.32 Å². The molecule has 0 aliphatic heterocycles. The maximum atomic E-state index is 4.27. The van der Waals surface area contributed by atoms with E-state index in [0.29, 0.717) is 0 Å². The molecule has 2 rings (SSSR count). The quantitative estimate of drug-likeness (QED) is 0.902. The van der Waals surface area contributed by atoms with Crippen LogP contribution in [0.2, 0.25) is 0 Å². The summed E-state index contributed by atoms with van der Waals surface area (Å²) in [6.07, 6.45) is 0. The van der Waals surface area contributed by atoms with Gasteiger partial charge in [-0.05, 0) is 58.0 Å². The average molecular weight is 244 g/mol. The summed E-state index contributed by atoms with van der Waals surface area (Å²) >= 11 is 0. The van der Waals surface area contributed by atoms with E-state index in [2.05, 4.69) is 61.5 Å². The standard InChI is InChI=1S/C14H20N4/c1-9-6-7-13(8-10(9)2)18-12(4)14(16-17-18)11(3)15-5/h6-8,11,15H,1-5H3. The van der Waals surface area contributed by atoms with Gasteiger partial charge in [-0.25, -0.2) is 4.68 Å². The molecule has 1 aromatic carbocycles. The fraction of sp³-hybridized carbons (Fsp3) is 0.429. The van der Waals surface area contributed by atoms with E-state index in [1.807, 2.05) is 11.7 Å². The third-order valence-electron chi connectivity index (χ3n) is 3.51. The Bertz CT molecular complexity index is 557. The lowest BCUT2D eigenvalue weighted by atomic mass is 10.1. The molecule has 18 heavy (non-hydrogen) atoms. The number of hydrogen-bond donors (Lipinski definition) is 1. The highest BCUT2D eigenvalue weighted by atomic mass is 15.4. The van der Waals surface area contributed by atoms with Crippen LogP contribution in [0.3, 0.4) is 0 Å². The van der Waals surface area contributed by atoms with Crippen LogP contribution >= 0.6 is 0 Å². The molecule has 0 saturated heterocycles. The molecule has 1 N–H and O–H groups in total. The maximum absolute atomic E-state index is 4.27. The van der Waals surface area contributed by atoms with Crippen molar-refractivity contribution in [2.45, 2.75) is 33.7 Å². The fourth-order valence-electron chi connectivity index (χ4n) is 1.98. The molecular formula is C14H20N4. The van der Waals surface area contributed by atoms with Gasteiger partial charge >= 0.3 is 0 Å². The summed E-state index contributed by atoms with van der Waals surface area (Å²) in [6, 6.07) is 6.56. The number of aryl methyl sites for hydroxylation is 2. The Labute approximate surface area is 108 Å². The minimum atomic E-state index is 0.213. The smallest absolute Gasteiger partial charge is 0.103 e. The molecule has 96 valence electrons. The van der Waals surface area contributed by atoms with Gasteiger partial charge in [-0.1, -0.05) is 11.3 Å². The highest BCUT2D eigenvalue weighted by Gasteiger charge is 2.14. The molecule has 0 fully saturated rings. The summed E-state index contributed by atoms with van der Waals surface area (Å²) in [5.74, 6) is 0. The predicted octanol–water partition coefficient (Wildman–Crippen LogP) is 2.47. The van der Waals surface area contributed by atoms with Crippen LogP contribution in [-0.4, -0.2) is 22.0 Å². The van der Waals surface area contributed by atoms with Crippen molar-refractivity contribution in [2.24, 2.45) is 0 Å². The van der Waals surface area contributed by atoms with Crippen molar-refractivity contribution in [1.29, 1.82) is 0 Å². The first kappa shape index (κ1) is 12.8. The molecule has 0 saturated carbocycles. The summed E-state index contributed by atoms with van der Waals surface area (Å²) < 4.78 is 1.90.